The molecular weight excluding hydrogens is 657 g/mol. The van der Waals surface area contributed by atoms with Crippen LogP contribution in [0.4, 0.5) is 5.69 Å². The third-order valence-corrected chi connectivity index (χ3v) is 10.2. The Labute approximate surface area is 287 Å². The number of halogens is 2. The summed E-state index contributed by atoms with van der Waals surface area (Å²) in [7, 11) is -2.86. The summed E-state index contributed by atoms with van der Waals surface area (Å²) in [6, 6.07) is 26.3. The van der Waals surface area contributed by atoms with Gasteiger partial charge in [-0.1, -0.05) is 103 Å². The zero-order chi connectivity index (χ0) is 34.0. The second kappa shape index (κ2) is 16.7. The molecule has 0 fully saturated rings. The van der Waals surface area contributed by atoms with Crippen molar-refractivity contribution in [2.45, 2.75) is 50.6 Å². The summed E-state index contributed by atoms with van der Waals surface area (Å²) in [6.45, 7) is 3.52. The molecule has 4 aromatic carbocycles. The Hall–Kier alpha value is -4.05. The minimum atomic E-state index is -4.29. The van der Waals surface area contributed by atoms with E-state index in [1.54, 1.807) is 54.6 Å². The summed E-state index contributed by atoms with van der Waals surface area (Å²) in [5, 5.41) is 3.60. The van der Waals surface area contributed by atoms with Crippen molar-refractivity contribution >= 4 is 50.7 Å². The Kier molecular flexibility index (Phi) is 12.7. The average Bonchev–Trinajstić information content (AvgIpc) is 3.07. The maximum absolute atomic E-state index is 14.7. The molecule has 248 valence electrons. The lowest BCUT2D eigenvalue weighted by atomic mass is 10.0. The van der Waals surface area contributed by atoms with Crippen LogP contribution in [0, 0.1) is 6.92 Å². The van der Waals surface area contributed by atoms with Crippen LogP contribution in [0.5, 0.6) is 5.75 Å². The fourth-order valence-corrected chi connectivity index (χ4v) is 7.04. The number of rotatable bonds is 15. The highest BCUT2D eigenvalue weighted by molar-refractivity contribution is 7.92. The van der Waals surface area contributed by atoms with E-state index in [2.05, 4.69) is 5.32 Å². The van der Waals surface area contributed by atoms with Crippen LogP contribution in [0.1, 0.15) is 36.5 Å². The molecule has 0 heterocycles. The molecule has 4 aromatic rings. The molecule has 1 atom stereocenters. The topological polar surface area (TPSA) is 96.0 Å². The lowest BCUT2D eigenvalue weighted by Crippen LogP contribution is -2.53. The molecule has 0 aliphatic rings. The van der Waals surface area contributed by atoms with E-state index in [9.17, 15) is 18.0 Å². The number of methoxy groups -OCH3 is 1. The van der Waals surface area contributed by atoms with Gasteiger partial charge in [-0.15, -0.1) is 0 Å². The van der Waals surface area contributed by atoms with Crippen LogP contribution in [-0.4, -0.2) is 51.4 Å². The molecule has 2 amide bonds. The number of carbonyl (C=O) groups is 2. The molecule has 0 saturated carbocycles. The standard InChI is InChI=1S/C36H39Cl2N3O5S/c1-4-5-22-39-36(43)33(23-27-12-7-6-8-13-27)40(24-29-30(37)14-11-15-31(29)38)35(42)25-41(32-16-9-10-17-34(32)46-3)47(44,45)28-20-18-26(2)19-21-28/h6-21,33H,4-5,22-25H2,1-3H3,(H,39,43)/t33-/m1/s1. The van der Waals surface area contributed by atoms with Crippen molar-refractivity contribution in [3.8, 4) is 5.75 Å². The first-order chi connectivity index (χ1) is 22.6. The van der Waals surface area contributed by atoms with Crippen LogP contribution in [0.15, 0.2) is 102 Å². The van der Waals surface area contributed by atoms with Gasteiger partial charge in [-0.05, 0) is 55.3 Å². The van der Waals surface area contributed by atoms with Gasteiger partial charge in [0, 0.05) is 35.1 Å². The van der Waals surface area contributed by atoms with E-state index in [1.807, 2.05) is 44.2 Å². The van der Waals surface area contributed by atoms with Crippen molar-refractivity contribution in [2.24, 2.45) is 0 Å². The number of ether oxygens (including phenoxy) is 1. The van der Waals surface area contributed by atoms with Gasteiger partial charge in [-0.25, -0.2) is 8.42 Å². The molecule has 0 saturated heterocycles. The molecule has 0 aliphatic carbocycles. The predicted octanol–water partition coefficient (Wildman–Crippen LogP) is 7.06. The molecule has 1 N–H and O–H groups in total. The number of amides is 2. The number of hydrogen-bond donors (Lipinski definition) is 1. The molecule has 47 heavy (non-hydrogen) atoms. The van der Waals surface area contributed by atoms with Crippen LogP contribution in [0.3, 0.4) is 0 Å². The second-order valence-electron chi connectivity index (χ2n) is 11.1. The molecule has 8 nitrogen and oxygen atoms in total. The summed E-state index contributed by atoms with van der Waals surface area (Å²) in [6.07, 6.45) is 1.79. The predicted molar refractivity (Wildman–Crippen MR) is 188 cm³/mol. The van der Waals surface area contributed by atoms with Gasteiger partial charge >= 0.3 is 0 Å². The van der Waals surface area contributed by atoms with Crippen molar-refractivity contribution in [3.05, 3.63) is 124 Å². The first-order valence-corrected chi connectivity index (χ1v) is 17.5. The molecule has 0 radical (unpaired) electrons. The number of hydrogen-bond acceptors (Lipinski definition) is 5. The minimum absolute atomic E-state index is 0.000601. The molecule has 0 bridgehead atoms. The van der Waals surface area contributed by atoms with Crippen molar-refractivity contribution in [3.63, 3.8) is 0 Å². The van der Waals surface area contributed by atoms with Crippen LogP contribution in [0.2, 0.25) is 10.0 Å². The lowest BCUT2D eigenvalue weighted by Gasteiger charge is -2.34. The quantitative estimate of drug-likeness (QED) is 0.134. The Bertz CT molecular complexity index is 1750. The van der Waals surface area contributed by atoms with Gasteiger partial charge in [0.15, 0.2) is 0 Å². The van der Waals surface area contributed by atoms with E-state index in [1.165, 1.54) is 24.1 Å². The van der Waals surface area contributed by atoms with Crippen LogP contribution >= 0.6 is 23.2 Å². The zero-order valence-electron chi connectivity index (χ0n) is 26.7. The first-order valence-electron chi connectivity index (χ1n) is 15.3. The Morgan fingerprint density at radius 1 is 0.872 bits per heavy atom. The molecule has 0 spiro atoms. The van der Waals surface area contributed by atoms with Gasteiger partial charge in [0.25, 0.3) is 10.0 Å². The van der Waals surface area contributed by atoms with Crippen LogP contribution in [-0.2, 0) is 32.6 Å². The fourth-order valence-electron chi connectivity index (χ4n) is 5.10. The van der Waals surface area contributed by atoms with E-state index in [0.717, 1.165) is 28.3 Å². The fraction of sp³-hybridized carbons (Fsp3) is 0.278. The van der Waals surface area contributed by atoms with Gasteiger partial charge in [0.1, 0.15) is 18.3 Å². The third-order valence-electron chi connectivity index (χ3n) is 7.73. The lowest BCUT2D eigenvalue weighted by molar-refractivity contribution is -0.140. The Morgan fingerprint density at radius 2 is 1.51 bits per heavy atom. The van der Waals surface area contributed by atoms with E-state index in [4.69, 9.17) is 27.9 Å². The molecular formula is C36H39Cl2N3O5S. The number of para-hydroxylation sites is 2. The first kappa shape index (κ1) is 35.8. The maximum Gasteiger partial charge on any atom is 0.264 e. The monoisotopic (exact) mass is 695 g/mol. The second-order valence-corrected chi connectivity index (χ2v) is 13.7. The average molecular weight is 697 g/mol. The number of carbonyl (C=O) groups excluding carboxylic acids is 2. The summed E-state index contributed by atoms with van der Waals surface area (Å²) >= 11 is 13.2. The van der Waals surface area contributed by atoms with Gasteiger partial charge in [0.05, 0.1) is 17.7 Å². The molecule has 0 aliphatic heterocycles. The van der Waals surface area contributed by atoms with Crippen LogP contribution in [0.25, 0.3) is 0 Å². The van der Waals surface area contributed by atoms with E-state index >= 15 is 0 Å². The number of sulfonamides is 1. The SMILES string of the molecule is CCCCNC(=O)[C@@H](Cc1ccccc1)N(Cc1c(Cl)cccc1Cl)C(=O)CN(c1ccccc1OC)S(=O)(=O)c1ccc(C)cc1. The van der Waals surface area contributed by atoms with Gasteiger partial charge < -0.3 is 15.0 Å². The molecule has 0 aromatic heterocycles. The highest BCUT2D eigenvalue weighted by Gasteiger charge is 2.36. The van der Waals surface area contributed by atoms with Gasteiger partial charge in [-0.2, -0.15) is 0 Å². The number of anilines is 1. The summed E-state index contributed by atoms with van der Waals surface area (Å²) in [5.41, 5.74) is 2.31. The Morgan fingerprint density at radius 3 is 2.15 bits per heavy atom. The largest absolute Gasteiger partial charge is 0.495 e. The van der Waals surface area contributed by atoms with Crippen molar-refractivity contribution in [2.75, 3.05) is 24.5 Å². The number of aryl methyl sites for hydroxylation is 1. The third kappa shape index (κ3) is 9.06. The number of nitrogens with one attached hydrogen (secondary N) is 1. The normalized spacial score (nSPS) is 11.9. The summed E-state index contributed by atoms with van der Waals surface area (Å²) in [5.74, 6) is -0.743. The van der Waals surface area contributed by atoms with E-state index < -0.39 is 28.5 Å². The number of benzene rings is 4. The van der Waals surface area contributed by atoms with E-state index in [0.29, 0.717) is 22.2 Å². The zero-order valence-corrected chi connectivity index (χ0v) is 29.0. The smallest absolute Gasteiger partial charge is 0.264 e. The van der Waals surface area contributed by atoms with Gasteiger partial charge in [0.2, 0.25) is 11.8 Å². The van der Waals surface area contributed by atoms with E-state index in [-0.39, 0.29) is 35.2 Å². The Balaban J connectivity index is 1.85. The maximum atomic E-state index is 14.7. The van der Waals surface area contributed by atoms with Crippen molar-refractivity contribution in [1.82, 2.24) is 10.2 Å². The number of nitrogens with zero attached hydrogens (tertiary/aromatic N) is 2. The molecule has 4 rings (SSSR count). The van der Waals surface area contributed by atoms with Crippen molar-refractivity contribution < 1.29 is 22.7 Å². The summed E-state index contributed by atoms with van der Waals surface area (Å²) < 4.78 is 35.1. The molecule has 0 unspecified atom stereocenters. The molecule has 11 heteroatoms. The minimum Gasteiger partial charge on any atom is -0.495 e. The highest BCUT2D eigenvalue weighted by atomic mass is 35.5. The summed E-state index contributed by atoms with van der Waals surface area (Å²) in [4.78, 5) is 29.9. The van der Waals surface area contributed by atoms with Crippen LogP contribution < -0.4 is 14.4 Å². The van der Waals surface area contributed by atoms with Crippen molar-refractivity contribution in [1.29, 1.82) is 0 Å². The van der Waals surface area contributed by atoms with Gasteiger partial charge in [-0.3, -0.25) is 13.9 Å². The number of unbranched alkanes of at least 4 members (excludes halogenated alkanes) is 1. The highest BCUT2D eigenvalue weighted by Crippen LogP contribution is 2.33.